The number of ether oxygens (including phenoxy) is 1. The zero-order valence-electron chi connectivity index (χ0n) is 12.2. The number of carbonyl (C=O) groups is 2. The number of aryl methyl sites for hydroxylation is 1. The number of carboxylic acids is 1. The summed E-state index contributed by atoms with van der Waals surface area (Å²) in [7, 11) is 1.47. The largest absolute Gasteiger partial charge is 0.496 e. The Balaban J connectivity index is 2.24. The van der Waals surface area contributed by atoms with Crippen molar-refractivity contribution in [1.29, 1.82) is 0 Å². The Kier molecular flexibility index (Phi) is 5.06. The van der Waals surface area contributed by atoms with Gasteiger partial charge in [-0.25, -0.2) is 4.98 Å². The third kappa shape index (κ3) is 3.79. The third-order valence-corrected chi connectivity index (χ3v) is 3.97. The maximum atomic E-state index is 12.2. The van der Waals surface area contributed by atoms with Gasteiger partial charge >= 0.3 is 5.97 Å². The lowest BCUT2D eigenvalue weighted by atomic mass is 10.0. The molecule has 0 aliphatic carbocycles. The van der Waals surface area contributed by atoms with Crippen molar-refractivity contribution in [2.24, 2.45) is 0 Å². The maximum Gasteiger partial charge on any atom is 0.307 e. The molecule has 1 heterocycles. The number of thiazole rings is 1. The molecule has 0 unspecified atom stereocenters. The first-order chi connectivity index (χ1) is 10.5. The molecule has 0 atom stereocenters. The van der Waals surface area contributed by atoms with Crippen molar-refractivity contribution in [1.82, 2.24) is 4.98 Å². The Hall–Kier alpha value is -2.47. The SMILES string of the molecule is COc1ccc(C(=O)/C=C/c2scnc2C)cc1CC(=O)O. The van der Waals surface area contributed by atoms with Gasteiger partial charge in [-0.2, -0.15) is 0 Å². The summed E-state index contributed by atoms with van der Waals surface area (Å²) in [5, 5.41) is 8.92. The summed E-state index contributed by atoms with van der Waals surface area (Å²) < 4.78 is 5.12. The number of hydrogen-bond donors (Lipinski definition) is 1. The van der Waals surface area contributed by atoms with E-state index in [9.17, 15) is 9.59 Å². The van der Waals surface area contributed by atoms with Gasteiger partial charge in [0.2, 0.25) is 0 Å². The van der Waals surface area contributed by atoms with Crippen LogP contribution in [-0.4, -0.2) is 29.0 Å². The Morgan fingerprint density at radius 1 is 1.41 bits per heavy atom. The van der Waals surface area contributed by atoms with Gasteiger partial charge in [0.25, 0.3) is 0 Å². The molecule has 0 saturated heterocycles. The van der Waals surface area contributed by atoms with Gasteiger partial charge in [0.05, 0.1) is 24.7 Å². The molecule has 2 rings (SSSR count). The quantitative estimate of drug-likeness (QED) is 0.655. The number of methoxy groups -OCH3 is 1. The van der Waals surface area contributed by atoms with E-state index in [-0.39, 0.29) is 12.2 Å². The van der Waals surface area contributed by atoms with Crippen molar-refractivity contribution in [3.63, 3.8) is 0 Å². The highest BCUT2D eigenvalue weighted by molar-refractivity contribution is 7.10. The van der Waals surface area contributed by atoms with Crippen molar-refractivity contribution >= 4 is 29.2 Å². The average molecular weight is 317 g/mol. The number of carboxylic acid groups (broad SMARTS) is 1. The molecular formula is C16H15NO4S. The molecule has 6 heteroatoms. The Morgan fingerprint density at radius 3 is 2.77 bits per heavy atom. The number of allylic oxidation sites excluding steroid dienone is 1. The van der Waals surface area contributed by atoms with Gasteiger partial charge in [-0.05, 0) is 37.3 Å². The number of rotatable bonds is 6. The van der Waals surface area contributed by atoms with Crippen LogP contribution >= 0.6 is 11.3 Å². The van der Waals surface area contributed by atoms with E-state index in [4.69, 9.17) is 9.84 Å². The summed E-state index contributed by atoms with van der Waals surface area (Å²) in [5.74, 6) is -0.706. The molecule has 5 nitrogen and oxygen atoms in total. The Labute approximate surface area is 131 Å². The van der Waals surface area contributed by atoms with Gasteiger partial charge in [-0.15, -0.1) is 11.3 Å². The zero-order chi connectivity index (χ0) is 16.1. The molecule has 0 aliphatic rings. The standard InChI is InChI=1S/C16H15NO4S/c1-10-15(22-9-17-10)6-4-13(18)11-3-5-14(21-2)12(7-11)8-16(19)20/h3-7,9H,8H2,1-2H3,(H,19,20)/b6-4+. The van der Waals surface area contributed by atoms with E-state index in [1.54, 1.807) is 29.8 Å². The van der Waals surface area contributed by atoms with Crippen molar-refractivity contribution in [3.8, 4) is 5.75 Å². The molecule has 0 amide bonds. The summed E-state index contributed by atoms with van der Waals surface area (Å²) in [6.07, 6.45) is 2.99. The molecule has 0 spiro atoms. The highest BCUT2D eigenvalue weighted by Gasteiger charge is 2.11. The molecular weight excluding hydrogens is 302 g/mol. The molecule has 0 bridgehead atoms. The zero-order valence-corrected chi connectivity index (χ0v) is 13.0. The number of hydrogen-bond acceptors (Lipinski definition) is 5. The number of nitrogens with zero attached hydrogens (tertiary/aromatic N) is 1. The fourth-order valence-corrected chi connectivity index (χ4v) is 2.65. The van der Waals surface area contributed by atoms with Gasteiger partial charge in [0.1, 0.15) is 5.75 Å². The minimum Gasteiger partial charge on any atom is -0.496 e. The van der Waals surface area contributed by atoms with Gasteiger partial charge in [0.15, 0.2) is 5.78 Å². The fourth-order valence-electron chi connectivity index (χ4n) is 1.95. The van der Waals surface area contributed by atoms with E-state index >= 15 is 0 Å². The molecule has 0 radical (unpaired) electrons. The lowest BCUT2D eigenvalue weighted by Crippen LogP contribution is -2.04. The van der Waals surface area contributed by atoms with Crippen LogP contribution in [-0.2, 0) is 11.2 Å². The molecule has 2 aromatic rings. The number of aliphatic carboxylic acids is 1. The summed E-state index contributed by atoms with van der Waals surface area (Å²) >= 11 is 1.46. The van der Waals surface area contributed by atoms with E-state index in [2.05, 4.69) is 4.98 Å². The average Bonchev–Trinajstić information content (AvgIpc) is 2.89. The van der Waals surface area contributed by atoms with Crippen LogP contribution in [0.2, 0.25) is 0 Å². The monoisotopic (exact) mass is 317 g/mol. The number of aromatic nitrogens is 1. The number of ketones is 1. The second-order valence-corrected chi connectivity index (χ2v) is 5.48. The van der Waals surface area contributed by atoms with Crippen molar-refractivity contribution in [2.45, 2.75) is 13.3 Å². The Morgan fingerprint density at radius 2 is 2.18 bits per heavy atom. The minimum atomic E-state index is -0.973. The van der Waals surface area contributed by atoms with Crippen LogP contribution in [0.3, 0.4) is 0 Å². The van der Waals surface area contributed by atoms with E-state index < -0.39 is 5.97 Å². The van der Waals surface area contributed by atoms with Crippen LogP contribution in [0.15, 0.2) is 29.8 Å². The van der Waals surface area contributed by atoms with Crippen molar-refractivity contribution in [2.75, 3.05) is 7.11 Å². The van der Waals surface area contributed by atoms with E-state index in [0.29, 0.717) is 16.9 Å². The van der Waals surface area contributed by atoms with E-state index in [1.165, 1.54) is 24.5 Å². The summed E-state index contributed by atoms with van der Waals surface area (Å²) in [4.78, 5) is 28.1. The van der Waals surface area contributed by atoms with Crippen LogP contribution in [0.25, 0.3) is 6.08 Å². The predicted molar refractivity (Wildman–Crippen MR) is 84.5 cm³/mol. The molecule has 0 fully saturated rings. The summed E-state index contributed by atoms with van der Waals surface area (Å²) in [6.45, 7) is 1.87. The second kappa shape index (κ2) is 7.00. The highest BCUT2D eigenvalue weighted by Crippen LogP contribution is 2.21. The maximum absolute atomic E-state index is 12.2. The lowest BCUT2D eigenvalue weighted by Gasteiger charge is -2.07. The minimum absolute atomic E-state index is 0.192. The van der Waals surface area contributed by atoms with Crippen LogP contribution in [0, 0.1) is 6.92 Å². The third-order valence-electron chi connectivity index (χ3n) is 3.08. The molecule has 1 aromatic carbocycles. The van der Waals surface area contributed by atoms with Crippen molar-refractivity contribution in [3.05, 3.63) is 51.5 Å². The Bertz CT molecular complexity index is 733. The molecule has 0 aliphatic heterocycles. The van der Waals surface area contributed by atoms with Gasteiger partial charge in [-0.3, -0.25) is 9.59 Å². The number of carbonyl (C=O) groups excluding carboxylic acids is 1. The van der Waals surface area contributed by atoms with E-state index in [1.807, 2.05) is 6.92 Å². The topological polar surface area (TPSA) is 76.5 Å². The van der Waals surface area contributed by atoms with Gasteiger partial charge in [0, 0.05) is 16.0 Å². The molecule has 0 saturated carbocycles. The molecule has 22 heavy (non-hydrogen) atoms. The van der Waals surface area contributed by atoms with Crippen LogP contribution < -0.4 is 4.74 Å². The number of benzene rings is 1. The fraction of sp³-hybridized carbons (Fsp3) is 0.188. The predicted octanol–water partition coefficient (Wildman–Crippen LogP) is 2.98. The van der Waals surface area contributed by atoms with Crippen LogP contribution in [0.5, 0.6) is 5.75 Å². The highest BCUT2D eigenvalue weighted by atomic mass is 32.1. The smallest absolute Gasteiger partial charge is 0.307 e. The van der Waals surface area contributed by atoms with E-state index in [0.717, 1.165) is 10.6 Å². The molecule has 1 aromatic heterocycles. The molecule has 114 valence electrons. The first kappa shape index (κ1) is 15.9. The summed E-state index contributed by atoms with van der Waals surface area (Å²) in [5.41, 5.74) is 3.49. The van der Waals surface area contributed by atoms with Crippen LogP contribution in [0.4, 0.5) is 0 Å². The van der Waals surface area contributed by atoms with Crippen molar-refractivity contribution < 1.29 is 19.4 Å². The van der Waals surface area contributed by atoms with Crippen LogP contribution in [0.1, 0.15) is 26.5 Å². The second-order valence-electron chi connectivity index (χ2n) is 4.60. The van der Waals surface area contributed by atoms with Gasteiger partial charge < -0.3 is 9.84 Å². The van der Waals surface area contributed by atoms with Gasteiger partial charge in [-0.1, -0.05) is 0 Å². The summed E-state index contributed by atoms with van der Waals surface area (Å²) in [6, 6.07) is 4.78. The lowest BCUT2D eigenvalue weighted by molar-refractivity contribution is -0.136. The molecule has 1 N–H and O–H groups in total. The first-order valence-electron chi connectivity index (χ1n) is 6.52. The first-order valence-corrected chi connectivity index (χ1v) is 7.40. The normalized spacial score (nSPS) is 10.8.